The minimum Gasteiger partial charge on any atom is -0.317 e. The van der Waals surface area contributed by atoms with Crippen molar-refractivity contribution in [2.24, 2.45) is 5.92 Å². The Balaban J connectivity index is 2.27. The van der Waals surface area contributed by atoms with Crippen LogP contribution in [0.3, 0.4) is 0 Å². The Morgan fingerprint density at radius 2 is 2.39 bits per heavy atom. The van der Waals surface area contributed by atoms with Crippen molar-refractivity contribution < 1.29 is 4.79 Å². The molecule has 1 heterocycles. The fourth-order valence-electron chi connectivity index (χ4n) is 2.38. The van der Waals surface area contributed by atoms with Crippen LogP contribution in [-0.2, 0) is 17.6 Å². The van der Waals surface area contributed by atoms with Crippen molar-refractivity contribution in [3.8, 4) is 6.07 Å². The van der Waals surface area contributed by atoms with E-state index in [2.05, 4.69) is 18.3 Å². The Labute approximate surface area is 112 Å². The van der Waals surface area contributed by atoms with Crippen molar-refractivity contribution in [3.63, 3.8) is 0 Å². The lowest BCUT2D eigenvalue weighted by Gasteiger charge is -2.17. The number of nitrogens with one attached hydrogen (secondary N) is 1. The van der Waals surface area contributed by atoms with Crippen LogP contribution in [0.2, 0.25) is 0 Å². The van der Waals surface area contributed by atoms with Crippen LogP contribution in [0.15, 0.2) is 0 Å². The van der Waals surface area contributed by atoms with E-state index in [9.17, 15) is 10.1 Å². The summed E-state index contributed by atoms with van der Waals surface area (Å²) in [6.45, 7) is 4.20. The third-order valence-corrected chi connectivity index (χ3v) is 4.56. The van der Waals surface area contributed by atoms with Gasteiger partial charge in [0, 0.05) is 11.3 Å². The molecule has 3 nitrogen and oxygen atoms in total. The first-order valence-corrected chi connectivity index (χ1v) is 7.31. The van der Waals surface area contributed by atoms with E-state index in [0.29, 0.717) is 17.9 Å². The van der Waals surface area contributed by atoms with E-state index < -0.39 is 0 Å². The molecule has 0 radical (unpaired) electrons. The number of anilines is 1. The second-order valence-electron chi connectivity index (χ2n) is 4.97. The lowest BCUT2D eigenvalue weighted by Crippen LogP contribution is -2.11. The van der Waals surface area contributed by atoms with Crippen LogP contribution in [0.5, 0.6) is 0 Å². The van der Waals surface area contributed by atoms with Gasteiger partial charge in [-0.2, -0.15) is 5.26 Å². The molecule has 0 saturated heterocycles. The maximum absolute atomic E-state index is 11.6. The van der Waals surface area contributed by atoms with Crippen LogP contribution in [0, 0.1) is 17.2 Å². The molecule has 1 aromatic rings. The minimum absolute atomic E-state index is 0.0145. The zero-order chi connectivity index (χ0) is 13.1. The fourth-order valence-corrected chi connectivity index (χ4v) is 3.59. The highest BCUT2D eigenvalue weighted by Gasteiger charge is 2.24. The number of hydrogen-bond donors (Lipinski definition) is 1. The number of carbonyl (C=O) groups excluding carboxylic acids is 1. The molecule has 0 aromatic carbocycles. The van der Waals surface area contributed by atoms with Gasteiger partial charge >= 0.3 is 0 Å². The van der Waals surface area contributed by atoms with Gasteiger partial charge < -0.3 is 5.32 Å². The van der Waals surface area contributed by atoms with E-state index in [-0.39, 0.29) is 5.91 Å². The predicted octanol–water partition coefficient (Wildman–Crippen LogP) is 3.48. The highest BCUT2D eigenvalue weighted by molar-refractivity contribution is 7.16. The molecule has 18 heavy (non-hydrogen) atoms. The zero-order valence-corrected chi connectivity index (χ0v) is 11.7. The van der Waals surface area contributed by atoms with Crippen LogP contribution in [0.25, 0.3) is 0 Å². The van der Waals surface area contributed by atoms with Gasteiger partial charge in [-0.1, -0.05) is 13.8 Å². The van der Waals surface area contributed by atoms with Crippen molar-refractivity contribution in [1.29, 1.82) is 5.26 Å². The molecule has 0 bridgehead atoms. The molecular weight excluding hydrogens is 244 g/mol. The highest BCUT2D eigenvalue weighted by Crippen LogP contribution is 2.39. The number of amides is 1. The average molecular weight is 262 g/mol. The molecule has 0 saturated carbocycles. The molecular formula is C14H18N2OS. The smallest absolute Gasteiger partial charge is 0.224 e. The molecule has 0 fully saturated rings. The van der Waals surface area contributed by atoms with Gasteiger partial charge in [0.25, 0.3) is 0 Å². The van der Waals surface area contributed by atoms with Gasteiger partial charge in [-0.05, 0) is 37.2 Å². The van der Waals surface area contributed by atoms with E-state index in [1.807, 2.05) is 6.92 Å². The topological polar surface area (TPSA) is 52.9 Å². The first-order valence-electron chi connectivity index (χ1n) is 6.50. The predicted molar refractivity (Wildman–Crippen MR) is 73.8 cm³/mol. The van der Waals surface area contributed by atoms with Gasteiger partial charge in [-0.15, -0.1) is 11.3 Å². The largest absolute Gasteiger partial charge is 0.317 e. The average Bonchev–Trinajstić information content (AvgIpc) is 2.65. The number of rotatable bonds is 3. The Bertz CT molecular complexity index is 499. The van der Waals surface area contributed by atoms with Crippen LogP contribution in [0.4, 0.5) is 5.00 Å². The molecule has 1 aliphatic carbocycles. The molecule has 96 valence electrons. The molecule has 1 N–H and O–H groups in total. The normalized spacial score (nSPS) is 17.9. The zero-order valence-electron chi connectivity index (χ0n) is 10.9. The van der Waals surface area contributed by atoms with Crippen molar-refractivity contribution >= 4 is 22.2 Å². The van der Waals surface area contributed by atoms with Crippen molar-refractivity contribution in [2.45, 2.75) is 46.0 Å². The molecule has 0 unspecified atom stereocenters. The Hall–Kier alpha value is -1.34. The molecule has 0 aliphatic heterocycles. The lowest BCUT2D eigenvalue weighted by atomic mass is 9.88. The molecule has 1 atom stereocenters. The van der Waals surface area contributed by atoms with Crippen molar-refractivity contribution in [2.75, 3.05) is 5.32 Å². The number of fused-ring (bicyclic) bond motifs is 1. The third-order valence-electron chi connectivity index (χ3n) is 3.35. The molecule has 1 amide bonds. The third kappa shape index (κ3) is 2.56. The maximum atomic E-state index is 11.6. The van der Waals surface area contributed by atoms with Crippen molar-refractivity contribution in [1.82, 2.24) is 0 Å². The summed E-state index contributed by atoms with van der Waals surface area (Å²) >= 11 is 1.59. The van der Waals surface area contributed by atoms with E-state index in [1.165, 1.54) is 16.9 Å². The highest BCUT2D eigenvalue weighted by atomic mass is 32.1. The summed E-state index contributed by atoms with van der Waals surface area (Å²) in [6, 6.07) is 2.27. The second-order valence-corrected chi connectivity index (χ2v) is 6.07. The van der Waals surface area contributed by atoms with Gasteiger partial charge in [0.05, 0.1) is 5.56 Å². The Morgan fingerprint density at radius 1 is 1.61 bits per heavy atom. The van der Waals surface area contributed by atoms with Gasteiger partial charge in [0.15, 0.2) is 0 Å². The fraction of sp³-hybridized carbons (Fsp3) is 0.571. The van der Waals surface area contributed by atoms with E-state index in [4.69, 9.17) is 0 Å². The molecule has 1 aromatic heterocycles. The number of thiophene rings is 1. The molecule has 1 aliphatic rings. The number of carbonyl (C=O) groups is 1. The summed E-state index contributed by atoms with van der Waals surface area (Å²) < 4.78 is 0. The standard InChI is InChI=1S/C14H18N2OS/c1-3-4-13(17)16-14-11(8-15)10-7-9(2)5-6-12(10)18-14/h9H,3-7H2,1-2H3,(H,16,17)/t9-/m0/s1. The Kier molecular flexibility index (Phi) is 4.03. The molecule has 4 heteroatoms. The van der Waals surface area contributed by atoms with Gasteiger partial charge in [0.2, 0.25) is 5.91 Å². The first kappa shape index (κ1) is 13.1. The number of hydrogen-bond acceptors (Lipinski definition) is 3. The summed E-state index contributed by atoms with van der Waals surface area (Å²) in [5.41, 5.74) is 1.87. The number of nitrogens with zero attached hydrogens (tertiary/aromatic N) is 1. The van der Waals surface area contributed by atoms with Crippen LogP contribution < -0.4 is 5.32 Å². The van der Waals surface area contributed by atoms with Gasteiger partial charge in [-0.25, -0.2) is 0 Å². The summed E-state index contributed by atoms with van der Waals surface area (Å²) in [7, 11) is 0. The maximum Gasteiger partial charge on any atom is 0.224 e. The minimum atomic E-state index is 0.0145. The number of aryl methyl sites for hydroxylation is 1. The Morgan fingerprint density at radius 3 is 3.06 bits per heavy atom. The summed E-state index contributed by atoms with van der Waals surface area (Å²) in [5, 5.41) is 12.9. The number of nitriles is 1. The van der Waals surface area contributed by atoms with Crippen LogP contribution in [-0.4, -0.2) is 5.91 Å². The summed E-state index contributed by atoms with van der Waals surface area (Å²) in [4.78, 5) is 12.9. The van der Waals surface area contributed by atoms with E-state index in [0.717, 1.165) is 24.3 Å². The van der Waals surface area contributed by atoms with E-state index >= 15 is 0 Å². The molecule has 0 spiro atoms. The van der Waals surface area contributed by atoms with Gasteiger partial charge in [-0.3, -0.25) is 4.79 Å². The molecule has 2 rings (SSSR count). The first-order chi connectivity index (χ1) is 8.65. The van der Waals surface area contributed by atoms with Crippen LogP contribution >= 0.6 is 11.3 Å². The SMILES string of the molecule is CCCC(=O)Nc1sc2c(c1C#N)C[C@@H](C)CC2. The lowest BCUT2D eigenvalue weighted by molar-refractivity contribution is -0.116. The van der Waals surface area contributed by atoms with Crippen molar-refractivity contribution in [3.05, 3.63) is 16.0 Å². The van der Waals surface area contributed by atoms with E-state index in [1.54, 1.807) is 11.3 Å². The summed E-state index contributed by atoms with van der Waals surface area (Å²) in [6.07, 6.45) is 4.54. The quantitative estimate of drug-likeness (QED) is 0.906. The van der Waals surface area contributed by atoms with Gasteiger partial charge in [0.1, 0.15) is 11.1 Å². The van der Waals surface area contributed by atoms with Crippen LogP contribution in [0.1, 0.15) is 49.1 Å². The summed E-state index contributed by atoms with van der Waals surface area (Å²) in [5.74, 6) is 0.652. The monoisotopic (exact) mass is 262 g/mol. The second kappa shape index (κ2) is 5.53.